The highest BCUT2D eigenvalue weighted by molar-refractivity contribution is 6.36. The van der Waals surface area contributed by atoms with Gasteiger partial charge in [-0.05, 0) is 30.3 Å². The average Bonchev–Trinajstić information content (AvgIpc) is 3.26. The fourth-order valence-corrected chi connectivity index (χ4v) is 3.89. The molecule has 1 saturated heterocycles. The molecular formula is C21H20FN3O3. The van der Waals surface area contributed by atoms with Crippen molar-refractivity contribution in [3.05, 3.63) is 58.7 Å². The number of hydrogen-bond acceptors (Lipinski definition) is 5. The van der Waals surface area contributed by atoms with Crippen LogP contribution in [0.2, 0.25) is 0 Å². The molecular weight excluding hydrogens is 361 g/mol. The zero-order chi connectivity index (χ0) is 19.1. The number of anilines is 1. The van der Waals surface area contributed by atoms with Gasteiger partial charge in [-0.3, -0.25) is 14.7 Å². The third-order valence-corrected chi connectivity index (χ3v) is 5.37. The summed E-state index contributed by atoms with van der Waals surface area (Å²) in [6.07, 6.45) is 0.855. The molecule has 6 nitrogen and oxygen atoms in total. The highest BCUT2D eigenvalue weighted by Gasteiger charge is 2.33. The van der Waals surface area contributed by atoms with E-state index >= 15 is 0 Å². The molecule has 0 saturated carbocycles. The molecule has 1 aromatic heterocycles. The molecule has 0 aliphatic carbocycles. The lowest BCUT2D eigenvalue weighted by Gasteiger charge is -2.26. The molecule has 3 aliphatic heterocycles. The second kappa shape index (κ2) is 7.00. The molecule has 0 spiro atoms. The number of ether oxygens (including phenoxy) is 2. The summed E-state index contributed by atoms with van der Waals surface area (Å²) in [5.41, 5.74) is 4.13. The van der Waals surface area contributed by atoms with Crippen LogP contribution >= 0.6 is 0 Å². The highest BCUT2D eigenvalue weighted by Crippen LogP contribution is 2.41. The fraction of sp³-hybridized carbons (Fsp3) is 0.333. The van der Waals surface area contributed by atoms with Gasteiger partial charge >= 0.3 is 0 Å². The van der Waals surface area contributed by atoms with Crippen LogP contribution < -0.4 is 5.32 Å². The van der Waals surface area contributed by atoms with Crippen molar-refractivity contribution in [1.29, 1.82) is 0 Å². The normalized spacial score (nSPS) is 21.2. The quantitative estimate of drug-likeness (QED) is 0.828. The van der Waals surface area contributed by atoms with Gasteiger partial charge in [0, 0.05) is 48.6 Å². The van der Waals surface area contributed by atoms with Crippen molar-refractivity contribution in [3.63, 3.8) is 0 Å². The molecule has 0 unspecified atom stereocenters. The predicted octanol–water partition coefficient (Wildman–Crippen LogP) is 2.45. The van der Waals surface area contributed by atoms with E-state index in [1.54, 1.807) is 6.07 Å². The minimum atomic E-state index is -0.386. The Morgan fingerprint density at radius 2 is 2.00 bits per heavy atom. The van der Waals surface area contributed by atoms with E-state index in [1.807, 2.05) is 12.1 Å². The number of benzene rings is 1. The standard InChI is InChI=1S/C21H20FN3O3/c22-13-1-4-17-16(11-13)19(21(26)24-17)20-15-3-2-14(23-18(15)12-28-20)5-6-25-7-9-27-10-8-25/h1-4,11H,5-10,12H2,(H,24,26)/b20-19+. The number of morpholine rings is 1. The summed E-state index contributed by atoms with van der Waals surface area (Å²) >= 11 is 0. The van der Waals surface area contributed by atoms with Crippen LogP contribution in [-0.2, 0) is 27.3 Å². The van der Waals surface area contributed by atoms with Crippen LogP contribution in [0.1, 0.15) is 22.5 Å². The topological polar surface area (TPSA) is 63.7 Å². The van der Waals surface area contributed by atoms with Crippen LogP contribution in [0.4, 0.5) is 10.1 Å². The van der Waals surface area contributed by atoms with Crippen LogP contribution in [0.25, 0.3) is 11.3 Å². The Hall–Kier alpha value is -2.77. The molecule has 5 rings (SSSR count). The van der Waals surface area contributed by atoms with Gasteiger partial charge < -0.3 is 14.8 Å². The van der Waals surface area contributed by atoms with E-state index in [-0.39, 0.29) is 11.7 Å². The van der Waals surface area contributed by atoms with Crippen LogP contribution in [0.3, 0.4) is 0 Å². The molecule has 28 heavy (non-hydrogen) atoms. The van der Waals surface area contributed by atoms with E-state index in [0.717, 1.165) is 56.2 Å². The van der Waals surface area contributed by atoms with Crippen LogP contribution in [0, 0.1) is 5.82 Å². The summed E-state index contributed by atoms with van der Waals surface area (Å²) in [6.45, 7) is 4.74. The Morgan fingerprint density at radius 1 is 1.14 bits per heavy atom. The largest absolute Gasteiger partial charge is 0.486 e. The molecule has 1 amide bonds. The molecule has 0 radical (unpaired) electrons. The number of pyridine rings is 1. The molecule has 1 N–H and O–H groups in total. The number of carbonyl (C=O) groups is 1. The molecule has 2 aromatic rings. The maximum Gasteiger partial charge on any atom is 0.260 e. The van der Waals surface area contributed by atoms with Crippen molar-refractivity contribution in [2.45, 2.75) is 13.0 Å². The number of nitrogens with zero attached hydrogens (tertiary/aromatic N) is 2. The third-order valence-electron chi connectivity index (χ3n) is 5.37. The second-order valence-electron chi connectivity index (χ2n) is 7.14. The second-order valence-corrected chi connectivity index (χ2v) is 7.14. The van der Waals surface area contributed by atoms with Gasteiger partial charge in [0.15, 0.2) is 0 Å². The maximum absolute atomic E-state index is 13.7. The van der Waals surface area contributed by atoms with Gasteiger partial charge in [-0.15, -0.1) is 0 Å². The van der Waals surface area contributed by atoms with Crippen molar-refractivity contribution < 1.29 is 18.7 Å². The number of halogens is 1. The van der Waals surface area contributed by atoms with Gasteiger partial charge in [0.2, 0.25) is 0 Å². The predicted molar refractivity (Wildman–Crippen MR) is 102 cm³/mol. The van der Waals surface area contributed by atoms with Gasteiger partial charge in [-0.2, -0.15) is 0 Å². The zero-order valence-electron chi connectivity index (χ0n) is 15.3. The summed E-state index contributed by atoms with van der Waals surface area (Å²) < 4.78 is 24.9. The van der Waals surface area contributed by atoms with Crippen molar-refractivity contribution in [2.24, 2.45) is 0 Å². The molecule has 1 fully saturated rings. The molecule has 0 atom stereocenters. The fourth-order valence-electron chi connectivity index (χ4n) is 3.89. The zero-order valence-corrected chi connectivity index (χ0v) is 15.3. The average molecular weight is 381 g/mol. The van der Waals surface area contributed by atoms with Gasteiger partial charge in [0.05, 0.1) is 24.5 Å². The van der Waals surface area contributed by atoms with E-state index in [0.29, 0.717) is 29.2 Å². The van der Waals surface area contributed by atoms with Crippen LogP contribution in [-0.4, -0.2) is 48.6 Å². The molecule has 3 aliphatic rings. The van der Waals surface area contributed by atoms with Crippen molar-refractivity contribution in [2.75, 3.05) is 38.2 Å². The number of rotatable bonds is 3. The number of aromatic nitrogens is 1. The van der Waals surface area contributed by atoms with E-state index in [9.17, 15) is 9.18 Å². The van der Waals surface area contributed by atoms with E-state index in [1.165, 1.54) is 12.1 Å². The summed E-state index contributed by atoms with van der Waals surface area (Å²) in [6, 6.07) is 8.20. The summed E-state index contributed by atoms with van der Waals surface area (Å²) in [4.78, 5) is 19.6. The molecule has 1 aromatic carbocycles. The van der Waals surface area contributed by atoms with Gasteiger partial charge in [-0.1, -0.05) is 0 Å². The number of amides is 1. The van der Waals surface area contributed by atoms with Gasteiger partial charge in [0.25, 0.3) is 5.91 Å². The van der Waals surface area contributed by atoms with Gasteiger partial charge in [0.1, 0.15) is 18.2 Å². The van der Waals surface area contributed by atoms with E-state index < -0.39 is 0 Å². The van der Waals surface area contributed by atoms with Crippen molar-refractivity contribution in [3.8, 4) is 0 Å². The van der Waals surface area contributed by atoms with E-state index in [2.05, 4.69) is 10.2 Å². The first-order chi connectivity index (χ1) is 13.7. The Balaban J connectivity index is 1.42. The molecule has 7 heteroatoms. The van der Waals surface area contributed by atoms with Crippen LogP contribution in [0.5, 0.6) is 0 Å². The molecule has 0 bridgehead atoms. The number of nitrogens with one attached hydrogen (secondary N) is 1. The van der Waals surface area contributed by atoms with Gasteiger partial charge in [-0.25, -0.2) is 4.39 Å². The first-order valence-corrected chi connectivity index (χ1v) is 9.46. The van der Waals surface area contributed by atoms with E-state index in [4.69, 9.17) is 14.5 Å². The lowest BCUT2D eigenvalue weighted by Crippen LogP contribution is -2.37. The van der Waals surface area contributed by atoms with Crippen LogP contribution in [0.15, 0.2) is 30.3 Å². The number of hydrogen-bond donors (Lipinski definition) is 1. The first kappa shape index (κ1) is 17.3. The first-order valence-electron chi connectivity index (χ1n) is 9.46. The monoisotopic (exact) mass is 381 g/mol. The van der Waals surface area contributed by atoms with Crippen molar-refractivity contribution >= 4 is 22.9 Å². The maximum atomic E-state index is 13.7. The molecule has 4 heterocycles. The molecule has 144 valence electrons. The minimum Gasteiger partial charge on any atom is -0.486 e. The SMILES string of the molecule is O=C1Nc2ccc(F)cc2/C1=C1\OCc2nc(CCN3CCOCC3)ccc21. The number of carbonyl (C=O) groups excluding carboxylic acids is 1. The van der Waals surface area contributed by atoms with Crippen molar-refractivity contribution in [1.82, 2.24) is 9.88 Å². The smallest absolute Gasteiger partial charge is 0.260 e. The lowest BCUT2D eigenvalue weighted by molar-refractivity contribution is -0.110. The Bertz CT molecular complexity index is 983. The minimum absolute atomic E-state index is 0.278. The lowest BCUT2D eigenvalue weighted by atomic mass is 10.0. The summed E-state index contributed by atoms with van der Waals surface area (Å²) in [5.74, 6) is -0.188. The Labute approximate surface area is 162 Å². The Morgan fingerprint density at radius 3 is 2.86 bits per heavy atom. The summed E-state index contributed by atoms with van der Waals surface area (Å²) in [7, 11) is 0. The summed E-state index contributed by atoms with van der Waals surface area (Å²) in [5, 5.41) is 2.77. The Kier molecular flexibility index (Phi) is 4.33. The highest BCUT2D eigenvalue weighted by atomic mass is 19.1. The number of fused-ring (bicyclic) bond motifs is 2. The third kappa shape index (κ3) is 3.06.